The second-order valence-corrected chi connectivity index (χ2v) is 2.59. The fourth-order valence-corrected chi connectivity index (χ4v) is 1.11. The van der Waals surface area contributed by atoms with E-state index >= 15 is 0 Å². The van der Waals surface area contributed by atoms with Gasteiger partial charge >= 0.3 is 0 Å². The molecule has 4 nitrogen and oxygen atoms in total. The third-order valence-electron chi connectivity index (χ3n) is 1.75. The van der Waals surface area contributed by atoms with Crippen molar-refractivity contribution in [3.05, 3.63) is 0 Å². The molecular formula is C7H14N2O2. The molecule has 0 aromatic carbocycles. The number of hydrogen-bond donors (Lipinski definition) is 2. The lowest BCUT2D eigenvalue weighted by atomic mass is 10.1. The zero-order valence-electron chi connectivity index (χ0n) is 6.72. The minimum Gasteiger partial charge on any atom is -0.316 e. The first kappa shape index (κ1) is 8.49. The quantitative estimate of drug-likeness (QED) is 0.553. The summed E-state index contributed by atoms with van der Waals surface area (Å²) in [7, 11) is 0. The Morgan fingerprint density at radius 3 is 3.18 bits per heavy atom. The smallest absolute Gasteiger partial charge is 0.247 e. The highest BCUT2D eigenvalue weighted by atomic mass is 16.6. The van der Waals surface area contributed by atoms with Gasteiger partial charge in [0.1, 0.15) is 0 Å². The van der Waals surface area contributed by atoms with Crippen LogP contribution in [0.25, 0.3) is 0 Å². The van der Waals surface area contributed by atoms with Crippen LogP contribution in [0.2, 0.25) is 0 Å². The molecular weight excluding hydrogens is 144 g/mol. The number of rotatable bonds is 3. The number of nitrogens with one attached hydrogen (secondary N) is 2. The molecule has 1 saturated heterocycles. The summed E-state index contributed by atoms with van der Waals surface area (Å²) in [5.41, 5.74) is 2.40. The third kappa shape index (κ3) is 2.48. The Kier molecular flexibility index (Phi) is 3.32. The average Bonchev–Trinajstić information content (AvgIpc) is 2.52. The van der Waals surface area contributed by atoms with E-state index in [1.165, 1.54) is 0 Å². The molecule has 1 heterocycles. The summed E-state index contributed by atoms with van der Waals surface area (Å²) in [6.45, 7) is 4.07. The van der Waals surface area contributed by atoms with E-state index in [9.17, 15) is 4.79 Å². The molecule has 0 aliphatic carbocycles. The van der Waals surface area contributed by atoms with Crippen molar-refractivity contribution >= 4 is 5.91 Å². The highest BCUT2D eigenvalue weighted by molar-refractivity contribution is 5.78. The first-order valence-corrected chi connectivity index (χ1v) is 3.97. The second kappa shape index (κ2) is 4.31. The Labute approximate surface area is 66.3 Å². The van der Waals surface area contributed by atoms with Gasteiger partial charge in [0.2, 0.25) is 5.91 Å². The summed E-state index contributed by atoms with van der Waals surface area (Å²) in [4.78, 5) is 15.9. The van der Waals surface area contributed by atoms with Crippen molar-refractivity contribution in [2.24, 2.45) is 5.92 Å². The molecule has 1 aliphatic rings. The van der Waals surface area contributed by atoms with Crippen molar-refractivity contribution in [1.29, 1.82) is 0 Å². The van der Waals surface area contributed by atoms with Crippen LogP contribution >= 0.6 is 0 Å². The minimum atomic E-state index is -0.00292. The fourth-order valence-electron chi connectivity index (χ4n) is 1.11. The van der Waals surface area contributed by atoms with Gasteiger partial charge in [-0.2, -0.15) is 0 Å². The number of amides is 1. The Balaban J connectivity index is 2.17. The van der Waals surface area contributed by atoms with Gasteiger partial charge in [0.25, 0.3) is 0 Å². The molecule has 1 atom stereocenters. The van der Waals surface area contributed by atoms with Crippen molar-refractivity contribution in [3.63, 3.8) is 0 Å². The van der Waals surface area contributed by atoms with Crippen LogP contribution in [-0.4, -0.2) is 25.6 Å². The van der Waals surface area contributed by atoms with Crippen LogP contribution in [0.4, 0.5) is 0 Å². The maximum Gasteiger partial charge on any atom is 0.247 e. The summed E-state index contributed by atoms with van der Waals surface area (Å²) in [5.74, 6) is 0.0957. The molecule has 0 saturated carbocycles. The van der Waals surface area contributed by atoms with E-state index in [2.05, 4.69) is 10.8 Å². The zero-order chi connectivity index (χ0) is 8.10. The van der Waals surface area contributed by atoms with Gasteiger partial charge in [0.05, 0.1) is 12.5 Å². The van der Waals surface area contributed by atoms with Crippen LogP contribution in [0.15, 0.2) is 0 Å². The van der Waals surface area contributed by atoms with Crippen molar-refractivity contribution in [1.82, 2.24) is 10.8 Å². The maximum atomic E-state index is 11.1. The van der Waals surface area contributed by atoms with Crippen molar-refractivity contribution in [2.45, 2.75) is 13.3 Å². The van der Waals surface area contributed by atoms with Crippen LogP contribution in [0, 0.1) is 5.92 Å². The van der Waals surface area contributed by atoms with Gasteiger partial charge in [-0.1, -0.05) is 0 Å². The van der Waals surface area contributed by atoms with E-state index in [4.69, 9.17) is 4.84 Å². The van der Waals surface area contributed by atoms with Crippen LogP contribution in [-0.2, 0) is 9.63 Å². The van der Waals surface area contributed by atoms with Gasteiger partial charge in [-0.25, -0.2) is 5.48 Å². The lowest BCUT2D eigenvalue weighted by Gasteiger charge is -2.07. The molecule has 0 radical (unpaired) electrons. The monoisotopic (exact) mass is 158 g/mol. The van der Waals surface area contributed by atoms with Gasteiger partial charge in [-0.15, -0.1) is 0 Å². The van der Waals surface area contributed by atoms with Crippen LogP contribution in [0.3, 0.4) is 0 Å². The van der Waals surface area contributed by atoms with E-state index in [1.54, 1.807) is 0 Å². The molecule has 64 valence electrons. The highest BCUT2D eigenvalue weighted by Gasteiger charge is 2.21. The third-order valence-corrected chi connectivity index (χ3v) is 1.75. The lowest BCUT2D eigenvalue weighted by Crippen LogP contribution is -2.31. The van der Waals surface area contributed by atoms with Gasteiger partial charge in [-0.3, -0.25) is 9.63 Å². The molecule has 0 spiro atoms. The SMILES string of the molecule is CCONC(=O)C1CCNC1. The Hall–Kier alpha value is -0.610. The molecule has 1 rings (SSSR count). The Morgan fingerprint density at radius 1 is 1.82 bits per heavy atom. The van der Waals surface area contributed by atoms with Gasteiger partial charge in [-0.05, 0) is 19.9 Å². The number of carbonyl (C=O) groups excluding carboxylic acids is 1. The Morgan fingerprint density at radius 2 is 2.64 bits per heavy atom. The van der Waals surface area contributed by atoms with E-state index in [-0.39, 0.29) is 11.8 Å². The standard InChI is InChI=1S/C7H14N2O2/c1-2-11-9-7(10)6-3-4-8-5-6/h6,8H,2-5H2,1H3,(H,9,10). The zero-order valence-corrected chi connectivity index (χ0v) is 6.72. The van der Waals surface area contributed by atoms with Crippen LogP contribution in [0.5, 0.6) is 0 Å². The number of hydrogen-bond acceptors (Lipinski definition) is 3. The maximum absolute atomic E-state index is 11.1. The van der Waals surface area contributed by atoms with Crippen LogP contribution < -0.4 is 10.8 Å². The molecule has 4 heteroatoms. The molecule has 1 fully saturated rings. The normalized spacial score (nSPS) is 23.5. The van der Waals surface area contributed by atoms with Gasteiger partial charge < -0.3 is 5.32 Å². The summed E-state index contributed by atoms with van der Waals surface area (Å²) in [5, 5.41) is 3.11. The summed E-state index contributed by atoms with van der Waals surface area (Å²) in [6, 6.07) is 0. The highest BCUT2D eigenvalue weighted by Crippen LogP contribution is 2.06. The van der Waals surface area contributed by atoms with Crippen LogP contribution in [0.1, 0.15) is 13.3 Å². The fraction of sp³-hybridized carbons (Fsp3) is 0.857. The van der Waals surface area contributed by atoms with Gasteiger partial charge in [0, 0.05) is 6.54 Å². The van der Waals surface area contributed by atoms with E-state index in [0.717, 1.165) is 19.5 Å². The average molecular weight is 158 g/mol. The van der Waals surface area contributed by atoms with E-state index in [0.29, 0.717) is 6.61 Å². The molecule has 1 aliphatic heterocycles. The predicted molar refractivity (Wildman–Crippen MR) is 40.7 cm³/mol. The molecule has 11 heavy (non-hydrogen) atoms. The van der Waals surface area contributed by atoms with Crippen molar-refractivity contribution < 1.29 is 9.63 Å². The second-order valence-electron chi connectivity index (χ2n) is 2.59. The molecule has 0 aromatic rings. The largest absolute Gasteiger partial charge is 0.316 e. The molecule has 0 aromatic heterocycles. The van der Waals surface area contributed by atoms with Gasteiger partial charge in [0.15, 0.2) is 0 Å². The first-order valence-electron chi connectivity index (χ1n) is 3.97. The number of hydroxylamine groups is 1. The summed E-state index contributed by atoms with van der Waals surface area (Å²) >= 11 is 0. The van der Waals surface area contributed by atoms with E-state index in [1.807, 2.05) is 6.92 Å². The molecule has 2 N–H and O–H groups in total. The van der Waals surface area contributed by atoms with Crippen molar-refractivity contribution in [3.8, 4) is 0 Å². The first-order chi connectivity index (χ1) is 5.34. The molecule has 1 amide bonds. The molecule has 1 unspecified atom stereocenters. The van der Waals surface area contributed by atoms with E-state index < -0.39 is 0 Å². The number of carbonyl (C=O) groups is 1. The van der Waals surface area contributed by atoms with Crippen molar-refractivity contribution in [2.75, 3.05) is 19.7 Å². The topological polar surface area (TPSA) is 50.4 Å². The minimum absolute atomic E-state index is 0.00292. The molecule has 0 bridgehead atoms. The summed E-state index contributed by atoms with van der Waals surface area (Å²) in [6.07, 6.45) is 0.916. The predicted octanol–water partition coefficient (Wildman–Crippen LogP) is -0.336. The summed E-state index contributed by atoms with van der Waals surface area (Å²) < 4.78 is 0. The Bertz CT molecular complexity index is 132. The lowest BCUT2D eigenvalue weighted by molar-refractivity contribution is -0.136.